The fourth-order valence-corrected chi connectivity index (χ4v) is 5.51. The number of aliphatic hydroxyl groups is 1. The molecule has 1 saturated heterocycles. The number of hydrogen-bond acceptors (Lipinski definition) is 5. The molecule has 4 atom stereocenters. The molecule has 2 aliphatic rings. The van der Waals surface area contributed by atoms with Crippen LogP contribution in [0.15, 0.2) is 72.8 Å². The van der Waals surface area contributed by atoms with E-state index in [1.807, 2.05) is 72.8 Å². The van der Waals surface area contributed by atoms with Crippen molar-refractivity contribution < 1.29 is 24.2 Å². The summed E-state index contributed by atoms with van der Waals surface area (Å²) in [7, 11) is 0. The number of carbonyl (C=O) groups is 3. The van der Waals surface area contributed by atoms with Crippen molar-refractivity contribution in [3.05, 3.63) is 83.9 Å². The molecule has 2 amide bonds. The number of esters is 1. The van der Waals surface area contributed by atoms with Crippen LogP contribution in [0.2, 0.25) is 0 Å². The lowest BCUT2D eigenvalue weighted by Gasteiger charge is -2.27. The first-order valence-electron chi connectivity index (χ1n) is 14.2. The minimum Gasteiger partial charge on any atom is -0.463 e. The van der Waals surface area contributed by atoms with E-state index in [9.17, 15) is 19.5 Å². The Bertz CT molecular complexity index is 1100. The van der Waals surface area contributed by atoms with Crippen LogP contribution in [0.4, 0.5) is 0 Å². The van der Waals surface area contributed by atoms with Crippen LogP contribution in [0.25, 0.3) is 0 Å². The van der Waals surface area contributed by atoms with Gasteiger partial charge in [0.05, 0.1) is 30.5 Å². The zero-order valence-corrected chi connectivity index (χ0v) is 22.5. The lowest BCUT2D eigenvalue weighted by atomic mass is 9.93. The van der Waals surface area contributed by atoms with Crippen LogP contribution in [-0.2, 0) is 25.5 Å². The number of rotatable bonds is 6. The van der Waals surface area contributed by atoms with Gasteiger partial charge in [-0.3, -0.25) is 14.4 Å². The van der Waals surface area contributed by atoms with E-state index in [1.54, 1.807) is 4.90 Å². The summed E-state index contributed by atoms with van der Waals surface area (Å²) >= 11 is 0. The fourth-order valence-electron chi connectivity index (χ4n) is 5.51. The zero-order valence-electron chi connectivity index (χ0n) is 22.5. The molecule has 7 heteroatoms. The van der Waals surface area contributed by atoms with Crippen molar-refractivity contribution in [2.24, 2.45) is 11.8 Å². The minimum atomic E-state index is -0.552. The monoisotopic (exact) mass is 532 g/mol. The summed E-state index contributed by atoms with van der Waals surface area (Å²) in [6.45, 7) is 0.575. The molecular formula is C32H40N2O5. The van der Waals surface area contributed by atoms with Gasteiger partial charge >= 0.3 is 5.97 Å². The number of carbonyl (C=O) groups excluding carboxylic acids is 3. The highest BCUT2D eigenvalue weighted by Gasteiger charge is 2.32. The average Bonchev–Trinajstić information content (AvgIpc) is 3.45. The zero-order chi connectivity index (χ0) is 27.5. The van der Waals surface area contributed by atoms with E-state index in [0.717, 1.165) is 36.8 Å². The molecule has 1 fully saturated rings. The number of nitrogens with one attached hydrogen (secondary N) is 1. The molecule has 2 heterocycles. The molecule has 4 rings (SSSR count). The number of amides is 2. The van der Waals surface area contributed by atoms with E-state index in [1.165, 1.54) is 0 Å². The van der Waals surface area contributed by atoms with Crippen molar-refractivity contribution >= 4 is 17.8 Å². The predicted octanol–water partition coefficient (Wildman–Crippen LogP) is 4.37. The largest absolute Gasteiger partial charge is 0.463 e. The highest BCUT2D eigenvalue weighted by atomic mass is 16.5. The van der Waals surface area contributed by atoms with Crippen molar-refractivity contribution in [2.45, 2.75) is 63.5 Å². The maximum atomic E-state index is 13.6. The molecular weight excluding hydrogens is 492 g/mol. The standard InChI is InChI=1S/C32H40N2O5/c35-22-28-18-11-19-34(28)30(36)21-26-16-7-1-2-8-17-27(20-24-12-5-3-6-13-24)32(38)39-23-29(33-31(26)37)25-14-9-4-10-15-25/h1,3-7,9-10,12-15,26-29,35H,2,8,11,16-23H2,(H,33,37). The van der Waals surface area contributed by atoms with Crippen molar-refractivity contribution in [1.29, 1.82) is 0 Å². The Morgan fingerprint density at radius 1 is 0.949 bits per heavy atom. The summed E-state index contributed by atoms with van der Waals surface area (Å²) in [5.41, 5.74) is 1.93. The van der Waals surface area contributed by atoms with E-state index in [0.29, 0.717) is 25.8 Å². The van der Waals surface area contributed by atoms with Gasteiger partial charge in [-0.1, -0.05) is 72.8 Å². The lowest BCUT2D eigenvalue weighted by molar-refractivity contribution is -0.150. The Kier molecular flexibility index (Phi) is 10.7. The Balaban J connectivity index is 1.52. The molecule has 208 valence electrons. The van der Waals surface area contributed by atoms with Crippen molar-refractivity contribution in [2.75, 3.05) is 19.8 Å². The van der Waals surface area contributed by atoms with Gasteiger partial charge in [-0.25, -0.2) is 0 Å². The highest BCUT2D eigenvalue weighted by Crippen LogP contribution is 2.24. The Morgan fingerprint density at radius 3 is 2.44 bits per heavy atom. The van der Waals surface area contributed by atoms with Crippen molar-refractivity contribution in [3.63, 3.8) is 0 Å². The Hall–Kier alpha value is -3.45. The van der Waals surface area contributed by atoms with E-state index < -0.39 is 12.0 Å². The lowest BCUT2D eigenvalue weighted by Crippen LogP contribution is -2.42. The summed E-state index contributed by atoms with van der Waals surface area (Å²) in [6.07, 6.45) is 9.13. The van der Waals surface area contributed by atoms with Crippen LogP contribution < -0.4 is 5.32 Å². The van der Waals surface area contributed by atoms with Crippen LogP contribution in [0.1, 0.15) is 62.1 Å². The molecule has 0 spiro atoms. The van der Waals surface area contributed by atoms with E-state index in [2.05, 4.69) is 5.32 Å². The number of nitrogens with zero attached hydrogens (tertiary/aromatic N) is 1. The Labute approximate surface area is 231 Å². The average molecular weight is 533 g/mol. The minimum absolute atomic E-state index is 0.0229. The van der Waals surface area contributed by atoms with Gasteiger partial charge in [0.25, 0.3) is 0 Å². The molecule has 0 radical (unpaired) electrons. The van der Waals surface area contributed by atoms with Gasteiger partial charge in [-0.05, 0) is 56.1 Å². The SMILES string of the molecule is O=C1NC(c2ccccc2)COC(=O)C(Cc2ccccc2)CCCC=CCC1CC(=O)N1CCCC1CO. The van der Waals surface area contributed by atoms with E-state index in [4.69, 9.17) is 4.74 Å². The molecule has 7 nitrogen and oxygen atoms in total. The number of likely N-dealkylation sites (tertiary alicyclic amines) is 1. The van der Waals surface area contributed by atoms with Gasteiger partial charge in [0.15, 0.2) is 0 Å². The quantitative estimate of drug-likeness (QED) is 0.426. The van der Waals surface area contributed by atoms with Crippen molar-refractivity contribution in [3.8, 4) is 0 Å². The smallest absolute Gasteiger partial charge is 0.309 e. The summed E-state index contributed by atoms with van der Waals surface area (Å²) < 4.78 is 5.84. The topological polar surface area (TPSA) is 95.9 Å². The maximum absolute atomic E-state index is 13.6. The fraction of sp³-hybridized carbons (Fsp3) is 0.469. The first-order chi connectivity index (χ1) is 19.0. The molecule has 0 saturated carbocycles. The number of benzene rings is 2. The van der Waals surface area contributed by atoms with Gasteiger partial charge in [-0.15, -0.1) is 0 Å². The molecule has 0 aliphatic carbocycles. The number of cyclic esters (lactones) is 1. The molecule has 2 aromatic rings. The maximum Gasteiger partial charge on any atom is 0.309 e. The van der Waals surface area contributed by atoms with Gasteiger partial charge in [0.1, 0.15) is 6.61 Å². The summed E-state index contributed by atoms with van der Waals surface area (Å²) in [5.74, 6) is -1.42. The van der Waals surface area contributed by atoms with Gasteiger partial charge in [0.2, 0.25) is 11.8 Å². The van der Waals surface area contributed by atoms with Crippen molar-refractivity contribution in [1.82, 2.24) is 10.2 Å². The Morgan fingerprint density at radius 2 is 1.69 bits per heavy atom. The van der Waals surface area contributed by atoms with Gasteiger partial charge in [-0.2, -0.15) is 0 Å². The van der Waals surface area contributed by atoms with Crippen LogP contribution in [0.3, 0.4) is 0 Å². The first-order valence-corrected chi connectivity index (χ1v) is 14.2. The normalized spacial score (nSPS) is 25.0. The third kappa shape index (κ3) is 8.27. The molecule has 4 unspecified atom stereocenters. The van der Waals surface area contributed by atoms with Gasteiger partial charge in [0, 0.05) is 13.0 Å². The summed E-state index contributed by atoms with van der Waals surface area (Å²) in [4.78, 5) is 41.6. The number of ether oxygens (including phenoxy) is 1. The third-order valence-corrected chi connectivity index (χ3v) is 7.78. The molecule has 2 aromatic carbocycles. The molecule has 2 N–H and O–H groups in total. The number of allylic oxidation sites excluding steroid dienone is 2. The second kappa shape index (κ2) is 14.6. The molecule has 39 heavy (non-hydrogen) atoms. The molecule has 2 aliphatic heterocycles. The van der Waals surface area contributed by atoms with Crippen LogP contribution in [0.5, 0.6) is 0 Å². The van der Waals surface area contributed by atoms with Crippen LogP contribution in [-0.4, -0.2) is 53.6 Å². The second-order valence-corrected chi connectivity index (χ2v) is 10.6. The highest BCUT2D eigenvalue weighted by molar-refractivity contribution is 5.86. The van der Waals surface area contributed by atoms with Crippen LogP contribution in [0, 0.1) is 11.8 Å². The second-order valence-electron chi connectivity index (χ2n) is 10.6. The summed E-state index contributed by atoms with van der Waals surface area (Å²) in [5, 5.41) is 12.7. The van der Waals surface area contributed by atoms with E-state index in [-0.39, 0.29) is 49.4 Å². The number of hydrogen-bond donors (Lipinski definition) is 2. The van der Waals surface area contributed by atoms with E-state index >= 15 is 0 Å². The predicted molar refractivity (Wildman–Crippen MR) is 149 cm³/mol. The third-order valence-electron chi connectivity index (χ3n) is 7.78. The first kappa shape index (κ1) is 28.6. The summed E-state index contributed by atoms with van der Waals surface area (Å²) in [6, 6.07) is 18.7. The van der Waals surface area contributed by atoms with Crippen LogP contribution >= 0.6 is 0 Å². The number of aliphatic hydroxyl groups excluding tert-OH is 1. The molecule has 0 aromatic heterocycles. The molecule has 0 bridgehead atoms. The van der Waals surface area contributed by atoms with Gasteiger partial charge < -0.3 is 20.1 Å².